The number of hydrogen-bond acceptors (Lipinski definition) is 5. The number of dihydropyridines is 1. The van der Waals surface area contributed by atoms with Crippen LogP contribution in [0.2, 0.25) is 0 Å². The van der Waals surface area contributed by atoms with Crippen molar-refractivity contribution in [2.24, 2.45) is 10.9 Å². The van der Waals surface area contributed by atoms with Gasteiger partial charge in [0.2, 0.25) is 5.88 Å². The molecule has 6 heteroatoms. The summed E-state index contributed by atoms with van der Waals surface area (Å²) >= 11 is 0. The van der Waals surface area contributed by atoms with Crippen LogP contribution in [-0.2, 0) is 0 Å². The van der Waals surface area contributed by atoms with Crippen LogP contribution in [0.4, 0.5) is 0 Å². The second-order valence-electron chi connectivity index (χ2n) is 6.58. The number of pyridine rings is 1. The Morgan fingerprint density at radius 1 is 1.19 bits per heavy atom. The highest BCUT2D eigenvalue weighted by molar-refractivity contribution is 6.03. The molecule has 0 atom stereocenters. The van der Waals surface area contributed by atoms with Crippen LogP contribution >= 0.6 is 0 Å². The van der Waals surface area contributed by atoms with E-state index in [0.29, 0.717) is 11.8 Å². The standard InChI is InChI=1S/C20H21N5O/c1-13(2)18-11-14(6-9-21-18)17-7-10-25-19(24-17)16(12-23-25)15-5-4-8-22-20(15)26-3/h4-5,7-8,10-13H,6,9H2,1-3H3. The first-order chi connectivity index (χ1) is 12.7. The maximum absolute atomic E-state index is 5.40. The van der Waals surface area contributed by atoms with E-state index in [1.54, 1.807) is 17.8 Å². The number of ether oxygens (including phenoxy) is 1. The zero-order valence-corrected chi connectivity index (χ0v) is 15.2. The molecular weight excluding hydrogens is 326 g/mol. The smallest absolute Gasteiger partial charge is 0.221 e. The molecule has 0 unspecified atom stereocenters. The fourth-order valence-electron chi connectivity index (χ4n) is 3.15. The average molecular weight is 347 g/mol. The third kappa shape index (κ3) is 2.87. The van der Waals surface area contributed by atoms with Gasteiger partial charge in [0.05, 0.1) is 24.6 Å². The normalized spacial score (nSPS) is 14.5. The quantitative estimate of drug-likeness (QED) is 0.722. The van der Waals surface area contributed by atoms with E-state index in [2.05, 4.69) is 35.0 Å². The maximum atomic E-state index is 5.40. The summed E-state index contributed by atoms with van der Waals surface area (Å²) in [5.41, 5.74) is 5.91. The number of nitrogens with zero attached hydrogens (tertiary/aromatic N) is 5. The van der Waals surface area contributed by atoms with Crippen LogP contribution in [-0.4, -0.2) is 38.9 Å². The summed E-state index contributed by atoms with van der Waals surface area (Å²) in [6, 6.07) is 5.88. The minimum Gasteiger partial charge on any atom is -0.481 e. The van der Waals surface area contributed by atoms with E-state index in [0.717, 1.165) is 41.1 Å². The minimum atomic E-state index is 0.416. The molecule has 0 bridgehead atoms. The number of rotatable bonds is 4. The summed E-state index contributed by atoms with van der Waals surface area (Å²) in [6.07, 6.45) is 8.55. The molecule has 1 aliphatic rings. The van der Waals surface area contributed by atoms with E-state index >= 15 is 0 Å². The molecule has 0 N–H and O–H groups in total. The zero-order chi connectivity index (χ0) is 18.1. The van der Waals surface area contributed by atoms with Crippen molar-refractivity contribution in [2.75, 3.05) is 13.7 Å². The third-order valence-electron chi connectivity index (χ3n) is 4.54. The van der Waals surface area contributed by atoms with E-state index in [9.17, 15) is 0 Å². The van der Waals surface area contributed by atoms with Crippen molar-refractivity contribution in [2.45, 2.75) is 20.3 Å². The summed E-state index contributed by atoms with van der Waals surface area (Å²) in [7, 11) is 1.62. The van der Waals surface area contributed by atoms with Crippen molar-refractivity contribution < 1.29 is 4.74 Å². The summed E-state index contributed by atoms with van der Waals surface area (Å²) in [5, 5.41) is 4.43. The van der Waals surface area contributed by atoms with Crippen molar-refractivity contribution >= 4 is 16.9 Å². The van der Waals surface area contributed by atoms with Crippen LogP contribution in [0.25, 0.3) is 22.3 Å². The largest absolute Gasteiger partial charge is 0.481 e. The molecule has 0 amide bonds. The van der Waals surface area contributed by atoms with E-state index < -0.39 is 0 Å². The molecule has 4 heterocycles. The Labute approximate surface area is 152 Å². The average Bonchev–Trinajstić information content (AvgIpc) is 3.11. The molecule has 0 spiro atoms. The highest BCUT2D eigenvalue weighted by Crippen LogP contribution is 2.31. The lowest BCUT2D eigenvalue weighted by molar-refractivity contribution is 0.400. The molecular formula is C20H21N5O. The highest BCUT2D eigenvalue weighted by Gasteiger charge is 2.16. The van der Waals surface area contributed by atoms with Crippen LogP contribution < -0.4 is 4.74 Å². The van der Waals surface area contributed by atoms with Crippen LogP contribution in [0.15, 0.2) is 47.9 Å². The van der Waals surface area contributed by atoms with Crippen molar-refractivity contribution in [3.8, 4) is 17.0 Å². The minimum absolute atomic E-state index is 0.416. The first-order valence-electron chi connectivity index (χ1n) is 8.76. The first kappa shape index (κ1) is 16.4. The van der Waals surface area contributed by atoms with Gasteiger partial charge in [0, 0.05) is 30.2 Å². The number of aromatic nitrogens is 4. The van der Waals surface area contributed by atoms with Gasteiger partial charge in [0.1, 0.15) is 0 Å². The lowest BCUT2D eigenvalue weighted by atomic mass is 9.98. The van der Waals surface area contributed by atoms with E-state index in [1.165, 1.54) is 5.57 Å². The summed E-state index contributed by atoms with van der Waals surface area (Å²) in [6.45, 7) is 5.14. The van der Waals surface area contributed by atoms with Crippen LogP contribution in [0.3, 0.4) is 0 Å². The molecule has 132 valence electrons. The monoisotopic (exact) mass is 347 g/mol. The number of allylic oxidation sites excluding steroid dienone is 1. The Kier molecular flexibility index (Phi) is 4.24. The van der Waals surface area contributed by atoms with Crippen LogP contribution in [0.5, 0.6) is 5.88 Å². The SMILES string of the molecule is COc1ncccc1-c1cnn2ccc(C3=CC(C(C)C)=NCC3)nc12. The van der Waals surface area contributed by atoms with Gasteiger partial charge in [-0.25, -0.2) is 14.5 Å². The van der Waals surface area contributed by atoms with Gasteiger partial charge < -0.3 is 4.74 Å². The van der Waals surface area contributed by atoms with Gasteiger partial charge in [0.15, 0.2) is 5.65 Å². The van der Waals surface area contributed by atoms with Gasteiger partial charge in [0.25, 0.3) is 0 Å². The molecule has 4 rings (SSSR count). The molecule has 0 aromatic carbocycles. The van der Waals surface area contributed by atoms with Crippen molar-refractivity contribution in [3.05, 3.63) is 48.6 Å². The molecule has 3 aromatic rings. The Morgan fingerprint density at radius 3 is 2.88 bits per heavy atom. The van der Waals surface area contributed by atoms with Crippen LogP contribution in [0, 0.1) is 5.92 Å². The number of aliphatic imine (C=N–C) groups is 1. The lowest BCUT2D eigenvalue weighted by Gasteiger charge is -2.15. The van der Waals surface area contributed by atoms with Gasteiger partial charge >= 0.3 is 0 Å². The van der Waals surface area contributed by atoms with Crippen molar-refractivity contribution in [3.63, 3.8) is 0 Å². The molecule has 0 saturated heterocycles. The molecule has 26 heavy (non-hydrogen) atoms. The molecule has 1 aliphatic heterocycles. The van der Waals surface area contributed by atoms with Gasteiger partial charge in [-0.15, -0.1) is 0 Å². The van der Waals surface area contributed by atoms with Gasteiger partial charge in [-0.1, -0.05) is 13.8 Å². The van der Waals surface area contributed by atoms with Gasteiger partial charge in [-0.05, 0) is 42.2 Å². The summed E-state index contributed by atoms with van der Waals surface area (Å²) in [4.78, 5) is 13.8. The topological polar surface area (TPSA) is 64.7 Å². The van der Waals surface area contributed by atoms with Gasteiger partial charge in [-0.2, -0.15) is 5.10 Å². The summed E-state index contributed by atoms with van der Waals surface area (Å²) < 4.78 is 7.19. The number of fused-ring (bicyclic) bond motifs is 1. The Morgan fingerprint density at radius 2 is 2.08 bits per heavy atom. The molecule has 0 aliphatic carbocycles. The lowest BCUT2D eigenvalue weighted by Crippen LogP contribution is -2.11. The van der Waals surface area contributed by atoms with E-state index in [4.69, 9.17) is 9.72 Å². The number of methoxy groups -OCH3 is 1. The van der Waals surface area contributed by atoms with E-state index in [-0.39, 0.29) is 0 Å². The Bertz CT molecular complexity index is 1020. The second-order valence-corrected chi connectivity index (χ2v) is 6.58. The Balaban J connectivity index is 1.82. The predicted molar refractivity (Wildman–Crippen MR) is 103 cm³/mol. The zero-order valence-electron chi connectivity index (χ0n) is 15.2. The maximum Gasteiger partial charge on any atom is 0.221 e. The highest BCUT2D eigenvalue weighted by atomic mass is 16.5. The molecule has 0 radical (unpaired) electrons. The predicted octanol–water partition coefficient (Wildman–Crippen LogP) is 3.68. The Hall–Kier alpha value is -3.02. The van der Waals surface area contributed by atoms with Gasteiger partial charge in [-0.3, -0.25) is 4.99 Å². The molecule has 0 saturated carbocycles. The van der Waals surface area contributed by atoms with Crippen molar-refractivity contribution in [1.82, 2.24) is 19.6 Å². The summed E-state index contributed by atoms with van der Waals surface area (Å²) in [5.74, 6) is 0.986. The van der Waals surface area contributed by atoms with Crippen molar-refractivity contribution in [1.29, 1.82) is 0 Å². The molecule has 0 fully saturated rings. The van der Waals surface area contributed by atoms with Crippen LogP contribution in [0.1, 0.15) is 26.0 Å². The molecule has 6 nitrogen and oxygen atoms in total. The second kappa shape index (κ2) is 6.71. The van der Waals surface area contributed by atoms with E-state index in [1.807, 2.05) is 30.6 Å². The first-order valence-corrected chi connectivity index (χ1v) is 8.76. The molecule has 3 aromatic heterocycles. The number of hydrogen-bond donors (Lipinski definition) is 0. The third-order valence-corrected chi connectivity index (χ3v) is 4.54. The fraction of sp³-hybridized carbons (Fsp3) is 0.300. The fourth-order valence-corrected chi connectivity index (χ4v) is 3.15.